The number of hydrogen-bond donors (Lipinski definition) is 0. The molecule has 136 valence electrons. The third-order valence-corrected chi connectivity index (χ3v) is 4.64. The smallest absolute Gasteiger partial charge is 0.168 e. The Bertz CT molecular complexity index is 783. The number of piperidine rings is 1. The predicted molar refractivity (Wildman–Crippen MR) is 103 cm³/mol. The van der Waals surface area contributed by atoms with Crippen molar-refractivity contribution >= 4 is 11.9 Å². The van der Waals surface area contributed by atoms with Gasteiger partial charge in [0.05, 0.1) is 7.11 Å². The first-order valence-corrected chi connectivity index (χ1v) is 9.01. The lowest BCUT2D eigenvalue weighted by Gasteiger charge is -2.26. The lowest BCUT2D eigenvalue weighted by atomic mass is 10.00. The summed E-state index contributed by atoms with van der Waals surface area (Å²) >= 11 is 0. The first kappa shape index (κ1) is 18.2. The maximum Gasteiger partial charge on any atom is 0.168 e. The number of methoxy groups -OCH3 is 1. The van der Waals surface area contributed by atoms with E-state index < -0.39 is 0 Å². The Morgan fingerprint density at radius 2 is 1.92 bits per heavy atom. The number of carbonyl (C=O) groups excluding carboxylic acids is 1. The third kappa shape index (κ3) is 4.33. The number of para-hydroxylation sites is 1. The average Bonchev–Trinajstić information content (AvgIpc) is 2.69. The zero-order valence-corrected chi connectivity index (χ0v) is 15.4. The van der Waals surface area contributed by atoms with Gasteiger partial charge in [0.1, 0.15) is 6.61 Å². The Morgan fingerprint density at radius 3 is 2.65 bits per heavy atom. The lowest BCUT2D eigenvalue weighted by molar-refractivity contribution is -0.117. The van der Waals surface area contributed by atoms with Crippen molar-refractivity contribution in [3.63, 3.8) is 0 Å². The molecule has 0 amide bonds. The molecule has 0 spiro atoms. The second kappa shape index (κ2) is 8.68. The summed E-state index contributed by atoms with van der Waals surface area (Å²) in [5.74, 6) is 1.56. The van der Waals surface area contributed by atoms with Gasteiger partial charge in [-0.05, 0) is 24.3 Å². The van der Waals surface area contributed by atoms with Crippen LogP contribution in [-0.2, 0) is 11.4 Å². The van der Waals surface area contributed by atoms with E-state index in [4.69, 9.17) is 9.47 Å². The average molecular weight is 351 g/mol. The first-order chi connectivity index (χ1) is 12.7. The topological polar surface area (TPSA) is 38.8 Å². The van der Waals surface area contributed by atoms with Crippen LogP contribution in [0.15, 0.2) is 54.1 Å². The number of rotatable bonds is 6. The summed E-state index contributed by atoms with van der Waals surface area (Å²) in [4.78, 5) is 14.6. The predicted octanol–water partition coefficient (Wildman–Crippen LogP) is 3.95. The highest BCUT2D eigenvalue weighted by atomic mass is 16.5. The van der Waals surface area contributed by atoms with Gasteiger partial charge in [-0.25, -0.2) is 0 Å². The number of hydrogen-bond acceptors (Lipinski definition) is 4. The summed E-state index contributed by atoms with van der Waals surface area (Å²) in [6.07, 6.45) is 2.52. The van der Waals surface area contributed by atoms with E-state index in [2.05, 4.69) is 11.8 Å². The molecule has 1 aliphatic heterocycles. The standard InChI is InChI=1S/C22H25NO3/c1-3-23-13-12-20(24)19(15-23)14-18-10-7-11-21(25-2)22(18)26-16-17-8-5-4-6-9-17/h4-11,14H,3,12-13,15-16H2,1-2H3/b19-14+. The molecular weight excluding hydrogens is 326 g/mol. The highest BCUT2D eigenvalue weighted by molar-refractivity contribution is 6.01. The Labute approximate surface area is 155 Å². The molecule has 1 fully saturated rings. The van der Waals surface area contributed by atoms with Gasteiger partial charge in [0.15, 0.2) is 17.3 Å². The molecule has 0 atom stereocenters. The molecule has 2 aromatic carbocycles. The van der Waals surface area contributed by atoms with Gasteiger partial charge in [0.25, 0.3) is 0 Å². The van der Waals surface area contributed by atoms with Crippen molar-refractivity contribution in [1.82, 2.24) is 4.90 Å². The van der Waals surface area contributed by atoms with Gasteiger partial charge in [-0.3, -0.25) is 9.69 Å². The van der Waals surface area contributed by atoms with Crippen LogP contribution >= 0.6 is 0 Å². The second-order valence-electron chi connectivity index (χ2n) is 6.36. The van der Waals surface area contributed by atoms with Gasteiger partial charge in [0, 0.05) is 30.6 Å². The van der Waals surface area contributed by atoms with Crippen LogP contribution in [0.5, 0.6) is 11.5 Å². The number of likely N-dealkylation sites (N-methyl/N-ethyl adjacent to an activating group) is 1. The fraction of sp³-hybridized carbons (Fsp3) is 0.318. The summed E-state index contributed by atoms with van der Waals surface area (Å²) < 4.78 is 11.6. The third-order valence-electron chi connectivity index (χ3n) is 4.64. The van der Waals surface area contributed by atoms with Gasteiger partial charge < -0.3 is 9.47 Å². The van der Waals surface area contributed by atoms with E-state index in [9.17, 15) is 4.79 Å². The summed E-state index contributed by atoms with van der Waals surface area (Å²) in [7, 11) is 1.63. The summed E-state index contributed by atoms with van der Waals surface area (Å²) in [5.41, 5.74) is 2.79. The second-order valence-corrected chi connectivity index (χ2v) is 6.36. The van der Waals surface area contributed by atoms with Gasteiger partial charge in [-0.2, -0.15) is 0 Å². The summed E-state index contributed by atoms with van der Waals surface area (Å²) in [6, 6.07) is 15.8. The van der Waals surface area contributed by atoms with E-state index in [0.717, 1.165) is 29.8 Å². The van der Waals surface area contributed by atoms with Crippen LogP contribution in [0.2, 0.25) is 0 Å². The molecule has 3 rings (SSSR count). The molecule has 0 saturated carbocycles. The minimum Gasteiger partial charge on any atom is -0.493 e. The number of ketones is 1. The Morgan fingerprint density at radius 1 is 1.12 bits per heavy atom. The van der Waals surface area contributed by atoms with Crippen molar-refractivity contribution in [1.29, 1.82) is 0 Å². The fourth-order valence-corrected chi connectivity index (χ4v) is 3.10. The van der Waals surface area contributed by atoms with Crippen molar-refractivity contribution in [3.05, 3.63) is 65.2 Å². The molecule has 4 nitrogen and oxygen atoms in total. The Kier molecular flexibility index (Phi) is 6.08. The molecule has 1 aliphatic rings. The van der Waals surface area contributed by atoms with Gasteiger partial charge in [-0.15, -0.1) is 0 Å². The largest absolute Gasteiger partial charge is 0.493 e. The maximum atomic E-state index is 12.3. The SMILES string of the molecule is CCN1CCC(=O)/C(=C/c2cccc(OC)c2OCc2ccccc2)C1. The van der Waals surface area contributed by atoms with Crippen LogP contribution in [0.1, 0.15) is 24.5 Å². The monoisotopic (exact) mass is 351 g/mol. The van der Waals surface area contributed by atoms with Crippen LogP contribution in [0.25, 0.3) is 6.08 Å². The minimum absolute atomic E-state index is 0.214. The zero-order chi connectivity index (χ0) is 18.4. The van der Waals surface area contributed by atoms with Gasteiger partial charge >= 0.3 is 0 Å². The van der Waals surface area contributed by atoms with Crippen LogP contribution in [0, 0.1) is 0 Å². The van der Waals surface area contributed by atoms with E-state index >= 15 is 0 Å². The molecule has 0 radical (unpaired) electrons. The minimum atomic E-state index is 0.214. The van der Waals surface area contributed by atoms with Crippen LogP contribution in [0.3, 0.4) is 0 Å². The van der Waals surface area contributed by atoms with E-state index in [0.29, 0.717) is 31.1 Å². The molecule has 2 aromatic rings. The molecule has 1 heterocycles. The van der Waals surface area contributed by atoms with Crippen molar-refractivity contribution in [2.24, 2.45) is 0 Å². The number of likely N-dealkylation sites (tertiary alicyclic amines) is 1. The lowest BCUT2D eigenvalue weighted by Crippen LogP contribution is -2.35. The number of benzene rings is 2. The van der Waals surface area contributed by atoms with Gasteiger partial charge in [0.2, 0.25) is 0 Å². The van der Waals surface area contributed by atoms with Gasteiger partial charge in [-0.1, -0.05) is 49.4 Å². The number of ether oxygens (including phenoxy) is 2. The molecule has 1 saturated heterocycles. The number of nitrogens with zero attached hydrogens (tertiary/aromatic N) is 1. The van der Waals surface area contributed by atoms with E-state index in [1.165, 1.54) is 0 Å². The van der Waals surface area contributed by atoms with Crippen LogP contribution in [0.4, 0.5) is 0 Å². The highest BCUT2D eigenvalue weighted by Crippen LogP contribution is 2.34. The van der Waals surface area contributed by atoms with E-state index in [1.54, 1.807) is 7.11 Å². The Hall–Kier alpha value is -2.59. The molecule has 0 aromatic heterocycles. The summed E-state index contributed by atoms with van der Waals surface area (Å²) in [5, 5.41) is 0. The molecule has 4 heteroatoms. The van der Waals surface area contributed by atoms with E-state index in [-0.39, 0.29) is 5.78 Å². The molecule has 26 heavy (non-hydrogen) atoms. The maximum absolute atomic E-state index is 12.3. The van der Waals surface area contributed by atoms with Crippen molar-refractivity contribution in [2.45, 2.75) is 20.0 Å². The van der Waals surface area contributed by atoms with Crippen molar-refractivity contribution in [2.75, 3.05) is 26.7 Å². The zero-order valence-electron chi connectivity index (χ0n) is 15.4. The summed E-state index contributed by atoms with van der Waals surface area (Å²) in [6.45, 7) is 5.03. The molecule has 0 unspecified atom stereocenters. The first-order valence-electron chi connectivity index (χ1n) is 9.01. The molecule has 0 aliphatic carbocycles. The molecule has 0 N–H and O–H groups in total. The van der Waals surface area contributed by atoms with E-state index in [1.807, 2.05) is 54.6 Å². The molecular formula is C22H25NO3. The highest BCUT2D eigenvalue weighted by Gasteiger charge is 2.21. The van der Waals surface area contributed by atoms with Crippen LogP contribution < -0.4 is 9.47 Å². The number of carbonyl (C=O) groups is 1. The van der Waals surface area contributed by atoms with Crippen molar-refractivity contribution in [3.8, 4) is 11.5 Å². The quantitative estimate of drug-likeness (QED) is 0.739. The Balaban J connectivity index is 1.89. The fourth-order valence-electron chi connectivity index (χ4n) is 3.10. The van der Waals surface area contributed by atoms with Crippen molar-refractivity contribution < 1.29 is 14.3 Å². The molecule has 0 bridgehead atoms. The normalized spacial score (nSPS) is 16.7. The number of Topliss-reactive ketones (excluding diaryl/α,β-unsaturated/α-hetero) is 1. The van der Waals surface area contributed by atoms with Crippen LogP contribution in [-0.4, -0.2) is 37.4 Å².